The van der Waals surface area contributed by atoms with Crippen molar-refractivity contribution in [2.75, 3.05) is 0 Å². The van der Waals surface area contributed by atoms with Gasteiger partial charge < -0.3 is 0 Å². The zero-order valence-electron chi connectivity index (χ0n) is 9.37. The zero-order valence-corrected chi connectivity index (χ0v) is 11.1. The van der Waals surface area contributed by atoms with Gasteiger partial charge in [0, 0.05) is 0 Å². The quantitative estimate of drug-likeness (QED) is 0.642. The molecule has 4 heteroatoms. The van der Waals surface area contributed by atoms with Gasteiger partial charge in [0.2, 0.25) is 0 Å². The topological polar surface area (TPSA) is 39.1 Å². The summed E-state index contributed by atoms with van der Waals surface area (Å²) in [4.78, 5) is 24.4. The van der Waals surface area contributed by atoms with Gasteiger partial charge in [-0.2, -0.15) is 0 Å². The van der Waals surface area contributed by atoms with E-state index in [0.717, 1.165) is 4.26 Å². The Morgan fingerprint density at radius 2 is 1.61 bits per heavy atom. The molecular formula is C14H9NO2Se. The van der Waals surface area contributed by atoms with Gasteiger partial charge in [0.15, 0.2) is 0 Å². The number of fused-ring (bicyclic) bond motifs is 1. The fraction of sp³-hybridized carbons (Fsp3) is 0. The molecule has 0 bridgehead atoms. The summed E-state index contributed by atoms with van der Waals surface area (Å²) in [6, 6.07) is 16.3. The van der Waals surface area contributed by atoms with Crippen LogP contribution in [0.25, 0.3) is 9.65 Å². The van der Waals surface area contributed by atoms with Crippen LogP contribution in [0.3, 0.4) is 0 Å². The van der Waals surface area contributed by atoms with Crippen molar-refractivity contribution < 1.29 is 4.79 Å². The molecule has 3 nitrogen and oxygen atoms in total. The van der Waals surface area contributed by atoms with E-state index in [2.05, 4.69) is 0 Å². The van der Waals surface area contributed by atoms with Crippen LogP contribution < -0.4 is 5.56 Å². The molecule has 18 heavy (non-hydrogen) atoms. The van der Waals surface area contributed by atoms with E-state index in [-0.39, 0.29) is 26.2 Å². The first-order chi connectivity index (χ1) is 8.77. The number of benzene rings is 2. The van der Waals surface area contributed by atoms with Gasteiger partial charge in [-0.25, -0.2) is 0 Å². The Balaban J connectivity index is 2.19. The molecule has 0 saturated carbocycles. The summed E-state index contributed by atoms with van der Waals surface area (Å²) in [5.74, 6) is -0.211. The average Bonchev–Trinajstić information content (AvgIpc) is 2.77. The maximum absolute atomic E-state index is 12.2. The van der Waals surface area contributed by atoms with Gasteiger partial charge in [-0.05, 0) is 0 Å². The molecule has 0 aliphatic rings. The Bertz CT molecular complexity index is 771. The van der Waals surface area contributed by atoms with E-state index in [0.29, 0.717) is 10.9 Å². The Labute approximate surface area is 109 Å². The van der Waals surface area contributed by atoms with E-state index < -0.39 is 0 Å². The first kappa shape index (κ1) is 11.2. The van der Waals surface area contributed by atoms with Gasteiger partial charge in [0.1, 0.15) is 0 Å². The van der Waals surface area contributed by atoms with Gasteiger partial charge in [-0.3, -0.25) is 0 Å². The molecule has 3 aromatic rings. The number of rotatable bonds is 1. The van der Waals surface area contributed by atoms with Crippen LogP contribution >= 0.6 is 0 Å². The van der Waals surface area contributed by atoms with Crippen molar-refractivity contribution in [3.05, 3.63) is 70.5 Å². The summed E-state index contributed by atoms with van der Waals surface area (Å²) in [6.45, 7) is 0. The minimum absolute atomic E-state index is 0.181. The van der Waals surface area contributed by atoms with Crippen LogP contribution in [0.15, 0.2) is 59.4 Å². The van der Waals surface area contributed by atoms with Crippen molar-refractivity contribution in [2.24, 2.45) is 0 Å². The molecule has 0 spiro atoms. The Morgan fingerprint density at radius 1 is 0.944 bits per heavy atom. The Kier molecular flexibility index (Phi) is 2.74. The van der Waals surface area contributed by atoms with Crippen LogP contribution in [0.5, 0.6) is 0 Å². The zero-order chi connectivity index (χ0) is 12.5. The summed E-state index contributed by atoms with van der Waals surface area (Å²) in [7, 11) is 0. The fourth-order valence-corrected chi connectivity index (χ4v) is 3.82. The summed E-state index contributed by atoms with van der Waals surface area (Å²) >= 11 is -0.249. The van der Waals surface area contributed by atoms with E-state index in [1.54, 1.807) is 30.3 Å². The van der Waals surface area contributed by atoms with Crippen LogP contribution in [0.2, 0.25) is 0 Å². The van der Waals surface area contributed by atoms with Crippen molar-refractivity contribution in [3.63, 3.8) is 0 Å². The fourth-order valence-electron chi connectivity index (χ4n) is 1.80. The molecular weight excluding hydrogens is 293 g/mol. The van der Waals surface area contributed by atoms with Gasteiger partial charge in [0.25, 0.3) is 0 Å². The van der Waals surface area contributed by atoms with Crippen molar-refractivity contribution in [1.29, 1.82) is 0 Å². The van der Waals surface area contributed by atoms with Crippen LogP contribution in [0, 0.1) is 0 Å². The second kappa shape index (κ2) is 4.41. The predicted octanol–water partition coefficient (Wildman–Crippen LogP) is 1.75. The van der Waals surface area contributed by atoms with Gasteiger partial charge in [-0.1, -0.05) is 0 Å². The molecule has 0 aliphatic carbocycles. The summed E-state index contributed by atoms with van der Waals surface area (Å²) < 4.78 is 2.33. The standard InChI is InChI=1S/C14H9NO2Se/c16-13(10-6-2-1-3-7-10)15-14(17)11-8-4-5-9-12(11)18-15/h1-9H. The number of carbonyl (C=O) groups is 1. The number of hydrogen-bond acceptors (Lipinski definition) is 2. The number of carbonyl (C=O) groups excluding carboxylic acids is 1. The first-order valence-corrected chi connectivity index (χ1v) is 7.10. The SMILES string of the molecule is O=C(c1ccccc1)n1[se]c2ccccc2c1=O. The number of hydrogen-bond donors (Lipinski definition) is 0. The van der Waals surface area contributed by atoms with Crippen LogP contribution in [0.4, 0.5) is 0 Å². The summed E-state index contributed by atoms with van der Waals surface area (Å²) in [6.07, 6.45) is 0. The van der Waals surface area contributed by atoms with Crippen LogP contribution in [-0.2, 0) is 0 Å². The maximum atomic E-state index is 12.2. The molecule has 1 aromatic heterocycles. The molecule has 1 heterocycles. The van der Waals surface area contributed by atoms with E-state index >= 15 is 0 Å². The summed E-state index contributed by atoms with van der Waals surface area (Å²) in [5.41, 5.74) is 0.375. The first-order valence-electron chi connectivity index (χ1n) is 5.48. The Hall–Kier alpha value is -1.90. The molecule has 0 N–H and O–H groups in total. The van der Waals surface area contributed by atoms with Crippen LogP contribution in [0.1, 0.15) is 10.4 Å². The normalized spacial score (nSPS) is 10.7. The molecule has 0 fully saturated rings. The summed E-state index contributed by atoms with van der Waals surface area (Å²) in [5, 5.41) is 0.654. The van der Waals surface area contributed by atoms with E-state index in [9.17, 15) is 9.59 Å². The number of aromatic nitrogens is 1. The van der Waals surface area contributed by atoms with Crippen molar-refractivity contribution in [2.45, 2.75) is 0 Å². The van der Waals surface area contributed by atoms with Crippen molar-refractivity contribution >= 4 is 30.3 Å². The molecule has 3 rings (SSSR count). The molecule has 0 saturated heterocycles. The van der Waals surface area contributed by atoms with Gasteiger partial charge >= 0.3 is 109 Å². The van der Waals surface area contributed by atoms with Gasteiger partial charge in [-0.15, -0.1) is 0 Å². The third-order valence-corrected chi connectivity index (χ3v) is 4.94. The third-order valence-electron chi connectivity index (χ3n) is 2.70. The number of nitrogens with zero attached hydrogens (tertiary/aromatic N) is 1. The molecule has 0 radical (unpaired) electrons. The third kappa shape index (κ3) is 1.76. The molecule has 0 amide bonds. The Morgan fingerprint density at radius 3 is 2.33 bits per heavy atom. The predicted molar refractivity (Wildman–Crippen MR) is 71.3 cm³/mol. The van der Waals surface area contributed by atoms with Crippen molar-refractivity contribution in [1.82, 2.24) is 3.56 Å². The average molecular weight is 302 g/mol. The minimum atomic E-state index is -0.249. The second-order valence-corrected chi connectivity index (χ2v) is 5.93. The second-order valence-electron chi connectivity index (χ2n) is 3.86. The van der Waals surface area contributed by atoms with E-state index in [1.807, 2.05) is 24.3 Å². The molecule has 0 unspecified atom stereocenters. The van der Waals surface area contributed by atoms with Crippen LogP contribution in [-0.4, -0.2) is 24.2 Å². The molecule has 0 aliphatic heterocycles. The van der Waals surface area contributed by atoms with E-state index in [1.165, 1.54) is 3.56 Å². The molecule has 2 aromatic carbocycles. The molecule has 0 atom stereocenters. The van der Waals surface area contributed by atoms with Crippen molar-refractivity contribution in [3.8, 4) is 0 Å². The monoisotopic (exact) mass is 303 g/mol. The van der Waals surface area contributed by atoms with E-state index in [4.69, 9.17) is 0 Å². The van der Waals surface area contributed by atoms with Gasteiger partial charge in [0.05, 0.1) is 0 Å². The molecule has 88 valence electrons.